The highest BCUT2D eigenvalue weighted by Gasteiger charge is 2.18. The maximum atomic E-state index is 12.0. The maximum Gasteiger partial charge on any atom is 0.242 e. The average molecular weight is 252 g/mol. The van der Waals surface area contributed by atoms with Gasteiger partial charge in [0, 0.05) is 13.0 Å². The van der Waals surface area contributed by atoms with E-state index in [1.54, 1.807) is 25.1 Å². The van der Waals surface area contributed by atoms with Gasteiger partial charge >= 0.3 is 0 Å². The third kappa shape index (κ3) is 3.48. The molecule has 0 radical (unpaired) electrons. The lowest BCUT2D eigenvalue weighted by atomic mass is 10.2. The average Bonchev–Trinajstić information content (AvgIpc) is 2.24. The van der Waals surface area contributed by atoms with Gasteiger partial charge in [0.25, 0.3) is 0 Å². The molecule has 92 valence electrons. The quantitative estimate of drug-likeness (QED) is 0.471. The molecule has 4 nitrogen and oxygen atoms in total. The van der Waals surface area contributed by atoms with Gasteiger partial charge in [-0.25, -0.2) is 13.1 Å². The minimum atomic E-state index is -3.55. The smallest absolute Gasteiger partial charge is 0.242 e. The highest BCUT2D eigenvalue weighted by molar-refractivity contribution is 7.89. The Bertz CT molecular complexity index is 510. The number of nitrogens with one attached hydrogen (secondary N) is 1. The first-order valence-electron chi connectivity index (χ1n) is 5.27. The molecular formula is C12H16N2O2S. The first kappa shape index (κ1) is 13.6. The summed E-state index contributed by atoms with van der Waals surface area (Å²) in [5.41, 5.74) is 6.58. The third-order valence-corrected chi connectivity index (χ3v) is 3.98. The van der Waals surface area contributed by atoms with Gasteiger partial charge in [0.1, 0.15) is 4.90 Å². The molecule has 17 heavy (non-hydrogen) atoms. The zero-order valence-electron chi connectivity index (χ0n) is 9.73. The Morgan fingerprint density at radius 1 is 1.47 bits per heavy atom. The number of anilines is 1. The summed E-state index contributed by atoms with van der Waals surface area (Å²) in [5.74, 6) is 2.46. The minimum Gasteiger partial charge on any atom is -0.398 e. The number of hydrogen-bond acceptors (Lipinski definition) is 3. The van der Waals surface area contributed by atoms with E-state index >= 15 is 0 Å². The number of terminal acetylenes is 1. The second-order valence-electron chi connectivity index (χ2n) is 3.70. The molecule has 0 heterocycles. The van der Waals surface area contributed by atoms with E-state index < -0.39 is 10.0 Å². The number of unbranched alkanes of at least 4 members (excludes halogenated alkanes) is 1. The van der Waals surface area contributed by atoms with Crippen LogP contribution in [0.15, 0.2) is 23.1 Å². The van der Waals surface area contributed by atoms with Crippen LogP contribution in [0, 0.1) is 19.3 Å². The Hall–Kier alpha value is -1.51. The van der Waals surface area contributed by atoms with Crippen molar-refractivity contribution in [1.82, 2.24) is 4.72 Å². The van der Waals surface area contributed by atoms with Crippen LogP contribution in [0.25, 0.3) is 0 Å². The summed E-state index contributed by atoms with van der Waals surface area (Å²) in [6.07, 6.45) is 6.25. The number of benzene rings is 1. The highest BCUT2D eigenvalue weighted by Crippen LogP contribution is 2.21. The highest BCUT2D eigenvalue weighted by atomic mass is 32.2. The Morgan fingerprint density at radius 3 is 2.76 bits per heavy atom. The van der Waals surface area contributed by atoms with Gasteiger partial charge in [0.05, 0.1) is 5.69 Å². The molecule has 1 aromatic carbocycles. The lowest BCUT2D eigenvalue weighted by Crippen LogP contribution is -2.26. The molecule has 0 spiro atoms. The van der Waals surface area contributed by atoms with Crippen LogP contribution in [0.2, 0.25) is 0 Å². The van der Waals surface area contributed by atoms with Gasteiger partial charge in [0.2, 0.25) is 10.0 Å². The molecule has 0 aliphatic carbocycles. The molecule has 0 aromatic heterocycles. The lowest BCUT2D eigenvalue weighted by molar-refractivity contribution is 0.579. The number of rotatable bonds is 5. The molecule has 3 N–H and O–H groups in total. The van der Waals surface area contributed by atoms with Crippen molar-refractivity contribution in [2.45, 2.75) is 24.7 Å². The van der Waals surface area contributed by atoms with Crippen molar-refractivity contribution in [3.05, 3.63) is 23.8 Å². The van der Waals surface area contributed by atoms with E-state index in [4.69, 9.17) is 12.2 Å². The predicted molar refractivity (Wildman–Crippen MR) is 68.8 cm³/mol. The van der Waals surface area contributed by atoms with Crippen LogP contribution in [-0.2, 0) is 10.0 Å². The van der Waals surface area contributed by atoms with Gasteiger partial charge in [-0.2, -0.15) is 0 Å². The molecule has 1 aromatic rings. The van der Waals surface area contributed by atoms with Crippen LogP contribution in [0.5, 0.6) is 0 Å². The minimum absolute atomic E-state index is 0.153. The normalized spacial score (nSPS) is 11.1. The topological polar surface area (TPSA) is 72.2 Å². The molecule has 0 aliphatic rings. The van der Waals surface area contributed by atoms with Gasteiger partial charge in [-0.05, 0) is 25.0 Å². The van der Waals surface area contributed by atoms with Gasteiger partial charge in [-0.15, -0.1) is 12.3 Å². The summed E-state index contributed by atoms with van der Waals surface area (Å²) in [7, 11) is -3.55. The SMILES string of the molecule is C#CCCCNS(=O)(=O)c1c(C)cccc1N. The Morgan fingerprint density at radius 2 is 2.18 bits per heavy atom. The zero-order valence-corrected chi connectivity index (χ0v) is 10.5. The lowest BCUT2D eigenvalue weighted by Gasteiger charge is -2.11. The molecule has 1 rings (SSSR count). The molecule has 0 saturated heterocycles. The van der Waals surface area contributed by atoms with Gasteiger partial charge in [0.15, 0.2) is 0 Å². The monoisotopic (exact) mass is 252 g/mol. The van der Waals surface area contributed by atoms with E-state index in [-0.39, 0.29) is 10.6 Å². The summed E-state index contributed by atoms with van der Waals surface area (Å²) in [4.78, 5) is 0.153. The van der Waals surface area contributed by atoms with Crippen LogP contribution in [-0.4, -0.2) is 15.0 Å². The van der Waals surface area contributed by atoms with Crippen molar-refractivity contribution in [1.29, 1.82) is 0 Å². The van der Waals surface area contributed by atoms with E-state index in [0.29, 0.717) is 24.9 Å². The fraction of sp³-hybridized carbons (Fsp3) is 0.333. The van der Waals surface area contributed by atoms with Crippen molar-refractivity contribution in [3.8, 4) is 12.3 Å². The third-order valence-electron chi connectivity index (χ3n) is 2.30. The number of sulfonamides is 1. The second-order valence-corrected chi connectivity index (χ2v) is 5.40. The Balaban J connectivity index is 2.87. The number of nitrogen functional groups attached to an aromatic ring is 1. The molecule has 0 bridgehead atoms. The standard InChI is InChI=1S/C12H16N2O2S/c1-3-4-5-9-14-17(15,16)12-10(2)7-6-8-11(12)13/h1,6-8,14H,4-5,9,13H2,2H3. The molecule has 5 heteroatoms. The van der Waals surface area contributed by atoms with Gasteiger partial charge in [-0.1, -0.05) is 12.1 Å². The summed E-state index contributed by atoms with van der Waals surface area (Å²) >= 11 is 0. The second kappa shape index (κ2) is 5.71. The van der Waals surface area contributed by atoms with Gasteiger partial charge in [-0.3, -0.25) is 0 Å². The van der Waals surface area contributed by atoms with Crippen LogP contribution >= 0.6 is 0 Å². The van der Waals surface area contributed by atoms with E-state index in [1.807, 2.05) is 0 Å². The molecule has 0 amide bonds. The van der Waals surface area contributed by atoms with Crippen LogP contribution in [0.1, 0.15) is 18.4 Å². The van der Waals surface area contributed by atoms with Crippen molar-refractivity contribution in [2.75, 3.05) is 12.3 Å². The van der Waals surface area contributed by atoms with E-state index in [9.17, 15) is 8.42 Å². The van der Waals surface area contributed by atoms with Gasteiger partial charge < -0.3 is 5.73 Å². The first-order valence-corrected chi connectivity index (χ1v) is 6.75. The summed E-state index contributed by atoms with van der Waals surface area (Å²) in [6, 6.07) is 5.01. The van der Waals surface area contributed by atoms with Crippen molar-refractivity contribution in [2.24, 2.45) is 0 Å². The number of aryl methyl sites for hydroxylation is 1. The number of hydrogen-bond donors (Lipinski definition) is 2. The van der Waals surface area contributed by atoms with Crippen molar-refractivity contribution >= 4 is 15.7 Å². The summed E-state index contributed by atoms with van der Waals surface area (Å²) in [6.45, 7) is 2.03. The Kier molecular flexibility index (Phi) is 4.55. The largest absolute Gasteiger partial charge is 0.398 e. The van der Waals surface area contributed by atoms with Crippen LogP contribution in [0.4, 0.5) is 5.69 Å². The predicted octanol–water partition coefficient (Wildman–Crippen LogP) is 1.27. The summed E-state index contributed by atoms with van der Waals surface area (Å²) in [5, 5.41) is 0. The molecule has 0 fully saturated rings. The number of nitrogens with two attached hydrogens (primary N) is 1. The molecule has 0 aliphatic heterocycles. The zero-order chi connectivity index (χ0) is 12.9. The van der Waals surface area contributed by atoms with E-state index in [1.165, 1.54) is 0 Å². The molecule has 0 atom stereocenters. The fourth-order valence-corrected chi connectivity index (χ4v) is 2.94. The van der Waals surface area contributed by atoms with E-state index in [0.717, 1.165) is 0 Å². The fourth-order valence-electron chi connectivity index (χ4n) is 1.51. The first-order chi connectivity index (χ1) is 7.99. The van der Waals surface area contributed by atoms with E-state index in [2.05, 4.69) is 10.6 Å². The summed E-state index contributed by atoms with van der Waals surface area (Å²) < 4.78 is 26.5. The van der Waals surface area contributed by atoms with Crippen LogP contribution in [0.3, 0.4) is 0 Å². The molecular weight excluding hydrogens is 236 g/mol. The van der Waals surface area contributed by atoms with Crippen molar-refractivity contribution < 1.29 is 8.42 Å². The molecule has 0 saturated carbocycles. The Labute approximate surface area is 102 Å². The van der Waals surface area contributed by atoms with Crippen LogP contribution < -0.4 is 10.5 Å². The maximum absolute atomic E-state index is 12.0. The van der Waals surface area contributed by atoms with Crippen molar-refractivity contribution in [3.63, 3.8) is 0 Å². The molecule has 0 unspecified atom stereocenters.